The molecule has 0 aromatic carbocycles. The second-order valence-corrected chi connectivity index (χ2v) is 3.61. The number of carbonyl (C=O) groups excluding carboxylic acids is 1. The van der Waals surface area contributed by atoms with Crippen molar-refractivity contribution >= 4 is 24.5 Å². The Morgan fingerprint density at radius 1 is 1.53 bits per heavy atom. The topological polar surface area (TPSA) is 79.7 Å². The second-order valence-electron chi connectivity index (χ2n) is 3.61. The number of nitrogens with zero attached hydrogens (tertiary/aromatic N) is 4. The molecule has 0 radical (unpaired) electrons. The summed E-state index contributed by atoms with van der Waals surface area (Å²) in [5.74, 6) is 0.688. The van der Waals surface area contributed by atoms with Gasteiger partial charge in [-0.25, -0.2) is 9.97 Å². The van der Waals surface area contributed by atoms with E-state index in [4.69, 9.17) is 4.84 Å². The Bertz CT molecular complexity index is 448. The van der Waals surface area contributed by atoms with Gasteiger partial charge in [-0.15, -0.1) is 0 Å². The van der Waals surface area contributed by atoms with Gasteiger partial charge in [-0.3, -0.25) is 4.79 Å². The Labute approximate surface area is 112 Å². The zero-order valence-electron chi connectivity index (χ0n) is 11.0. The van der Waals surface area contributed by atoms with E-state index in [1.807, 2.05) is 0 Å². The molecule has 7 heteroatoms. The summed E-state index contributed by atoms with van der Waals surface area (Å²) >= 11 is 0. The summed E-state index contributed by atoms with van der Waals surface area (Å²) in [7, 11) is 1.72. The monoisotopic (exact) mass is 263 g/mol. The lowest BCUT2D eigenvalue weighted by molar-refractivity contribution is -0.116. The second kappa shape index (κ2) is 8.62. The molecule has 1 heterocycles. The molecule has 102 valence electrons. The van der Waals surface area contributed by atoms with Crippen molar-refractivity contribution < 1.29 is 9.63 Å². The van der Waals surface area contributed by atoms with Crippen molar-refractivity contribution in [1.82, 2.24) is 14.9 Å². The molecule has 0 aliphatic rings. The molecule has 0 saturated carbocycles. The largest absolute Gasteiger partial charge is 0.368 e. The third-order valence-corrected chi connectivity index (χ3v) is 2.10. The molecule has 0 saturated heterocycles. The molecule has 1 aromatic heterocycles. The first kappa shape index (κ1) is 14.6. The lowest BCUT2D eigenvalue weighted by Crippen LogP contribution is -2.23. The molecule has 1 aromatic rings. The van der Waals surface area contributed by atoms with E-state index in [1.54, 1.807) is 37.2 Å². The van der Waals surface area contributed by atoms with Gasteiger partial charge in [0.05, 0.1) is 5.69 Å². The van der Waals surface area contributed by atoms with Crippen LogP contribution in [0.4, 0.5) is 5.82 Å². The van der Waals surface area contributed by atoms with Crippen LogP contribution in [0.15, 0.2) is 23.8 Å². The first-order valence-corrected chi connectivity index (χ1v) is 5.78. The molecule has 0 unspecified atom stereocenters. The highest BCUT2D eigenvalue weighted by Gasteiger charge is 1.97. The van der Waals surface area contributed by atoms with E-state index in [1.165, 1.54) is 12.6 Å². The number of oxime groups is 1. The van der Waals surface area contributed by atoms with E-state index in [9.17, 15) is 4.79 Å². The molecule has 0 aliphatic heterocycles. The third-order valence-electron chi connectivity index (χ3n) is 2.10. The zero-order chi connectivity index (χ0) is 13.9. The molecule has 0 spiro atoms. The zero-order valence-corrected chi connectivity index (χ0v) is 11.0. The van der Waals surface area contributed by atoms with E-state index in [-0.39, 0.29) is 0 Å². The molecular weight excluding hydrogens is 246 g/mol. The molecule has 19 heavy (non-hydrogen) atoms. The maximum Gasteiger partial charge on any atom is 0.209 e. The molecule has 0 bridgehead atoms. The number of nitrogens with one attached hydrogen (secondary N) is 1. The van der Waals surface area contributed by atoms with Crippen LogP contribution in [0.2, 0.25) is 0 Å². The Balaban J connectivity index is 2.47. The lowest BCUT2D eigenvalue weighted by Gasteiger charge is -2.11. The van der Waals surface area contributed by atoms with Crippen LogP contribution in [-0.2, 0) is 9.63 Å². The van der Waals surface area contributed by atoms with Crippen LogP contribution in [0.25, 0.3) is 6.08 Å². The van der Waals surface area contributed by atoms with E-state index in [2.05, 4.69) is 20.4 Å². The number of carbonyl (C=O) groups is 1. The Kier molecular flexibility index (Phi) is 6.63. The Morgan fingerprint density at radius 2 is 2.37 bits per heavy atom. The van der Waals surface area contributed by atoms with Crippen molar-refractivity contribution in [2.24, 2.45) is 5.16 Å². The fourth-order valence-corrected chi connectivity index (χ4v) is 1.17. The van der Waals surface area contributed by atoms with Crippen molar-refractivity contribution in [3.8, 4) is 0 Å². The first-order valence-electron chi connectivity index (χ1n) is 5.78. The number of aromatic nitrogens is 2. The van der Waals surface area contributed by atoms with E-state index in [0.29, 0.717) is 24.6 Å². The van der Waals surface area contributed by atoms with Gasteiger partial charge in [0.1, 0.15) is 18.4 Å². The van der Waals surface area contributed by atoms with Gasteiger partial charge in [0, 0.05) is 38.5 Å². The molecule has 1 N–H and O–H groups in total. The van der Waals surface area contributed by atoms with Crippen molar-refractivity contribution in [3.63, 3.8) is 0 Å². The molecule has 1 amide bonds. The quantitative estimate of drug-likeness (QED) is 0.327. The number of amides is 1. The smallest absolute Gasteiger partial charge is 0.209 e. The van der Waals surface area contributed by atoms with Crippen molar-refractivity contribution in [2.75, 3.05) is 25.5 Å². The minimum atomic E-state index is 0.604. The number of hydrogen-bond donors (Lipinski definition) is 1. The maximum absolute atomic E-state index is 10.4. The predicted molar refractivity (Wildman–Crippen MR) is 73.5 cm³/mol. The molecule has 0 atom stereocenters. The average Bonchev–Trinajstić information content (AvgIpc) is 2.44. The minimum absolute atomic E-state index is 0.604. The molecular formula is C12H17N5O2. The molecule has 1 rings (SSSR count). The summed E-state index contributed by atoms with van der Waals surface area (Å²) in [4.78, 5) is 24.9. The summed E-state index contributed by atoms with van der Waals surface area (Å²) in [6.45, 7) is 2.98. The minimum Gasteiger partial charge on any atom is -0.368 e. The fourth-order valence-electron chi connectivity index (χ4n) is 1.17. The SMILES string of the molecule is C/C=N/O/C=C/c1cc(NCCN(C)C=O)ncn1. The number of rotatable bonds is 8. The van der Waals surface area contributed by atoms with Gasteiger partial charge in [0.15, 0.2) is 0 Å². The lowest BCUT2D eigenvalue weighted by atomic mass is 10.4. The average molecular weight is 263 g/mol. The van der Waals surface area contributed by atoms with Crippen molar-refractivity contribution in [1.29, 1.82) is 0 Å². The van der Waals surface area contributed by atoms with Crippen LogP contribution in [-0.4, -0.2) is 47.6 Å². The van der Waals surface area contributed by atoms with Gasteiger partial charge < -0.3 is 15.1 Å². The first-order chi connectivity index (χ1) is 9.26. The fraction of sp³-hybridized carbons (Fsp3) is 0.333. The van der Waals surface area contributed by atoms with Gasteiger partial charge >= 0.3 is 0 Å². The maximum atomic E-state index is 10.4. The van der Waals surface area contributed by atoms with Gasteiger partial charge in [-0.05, 0) is 6.92 Å². The van der Waals surface area contributed by atoms with Crippen molar-refractivity contribution in [2.45, 2.75) is 6.92 Å². The highest BCUT2D eigenvalue weighted by molar-refractivity contribution is 5.52. The predicted octanol–water partition coefficient (Wildman–Crippen LogP) is 0.970. The van der Waals surface area contributed by atoms with Crippen LogP contribution < -0.4 is 5.32 Å². The normalized spacial score (nSPS) is 10.8. The van der Waals surface area contributed by atoms with Crippen LogP contribution in [0.3, 0.4) is 0 Å². The van der Waals surface area contributed by atoms with Gasteiger partial charge in [0.25, 0.3) is 0 Å². The molecule has 0 aliphatic carbocycles. The van der Waals surface area contributed by atoms with Crippen LogP contribution >= 0.6 is 0 Å². The van der Waals surface area contributed by atoms with E-state index < -0.39 is 0 Å². The van der Waals surface area contributed by atoms with Crippen LogP contribution in [0.5, 0.6) is 0 Å². The molecule has 7 nitrogen and oxygen atoms in total. The highest BCUT2D eigenvalue weighted by Crippen LogP contribution is 2.05. The summed E-state index contributed by atoms with van der Waals surface area (Å²) in [6, 6.07) is 1.77. The molecule has 0 fully saturated rings. The highest BCUT2D eigenvalue weighted by atomic mass is 16.6. The van der Waals surface area contributed by atoms with E-state index >= 15 is 0 Å². The number of hydrogen-bond acceptors (Lipinski definition) is 6. The third kappa shape index (κ3) is 6.16. The number of likely N-dealkylation sites (N-methyl/N-ethyl adjacent to an activating group) is 1. The summed E-state index contributed by atoms with van der Waals surface area (Å²) in [5, 5.41) is 6.67. The summed E-state index contributed by atoms with van der Waals surface area (Å²) in [6.07, 6.45) is 6.89. The van der Waals surface area contributed by atoms with Crippen LogP contribution in [0.1, 0.15) is 12.6 Å². The van der Waals surface area contributed by atoms with E-state index in [0.717, 1.165) is 6.41 Å². The summed E-state index contributed by atoms with van der Waals surface area (Å²) < 4.78 is 0. The van der Waals surface area contributed by atoms with Gasteiger partial charge in [0.2, 0.25) is 6.41 Å². The van der Waals surface area contributed by atoms with Gasteiger partial charge in [-0.1, -0.05) is 5.16 Å². The van der Waals surface area contributed by atoms with Crippen molar-refractivity contribution in [3.05, 3.63) is 24.3 Å². The Morgan fingerprint density at radius 3 is 3.11 bits per heavy atom. The number of anilines is 1. The standard InChI is InChI=1S/C12H17N5O2/c1-3-16-19-7-4-11-8-12(15-9-14-11)13-5-6-17(2)10-18/h3-4,7-10H,5-6H2,1-2H3,(H,13,14,15)/b7-4+,16-3+. The summed E-state index contributed by atoms with van der Waals surface area (Å²) in [5.41, 5.74) is 0.701. The van der Waals surface area contributed by atoms with Crippen LogP contribution in [0, 0.1) is 0 Å². The van der Waals surface area contributed by atoms with Gasteiger partial charge in [-0.2, -0.15) is 0 Å². The Hall–Kier alpha value is -2.44.